The molecule has 186 valence electrons. The summed E-state index contributed by atoms with van der Waals surface area (Å²) < 4.78 is 1.41. The Balaban J connectivity index is 1.39. The van der Waals surface area contributed by atoms with Crippen LogP contribution >= 0.6 is 34.9 Å². The third-order valence-corrected chi connectivity index (χ3v) is 8.98. The fourth-order valence-electron chi connectivity index (χ4n) is 3.22. The highest BCUT2D eigenvalue weighted by molar-refractivity contribution is 8.03. The van der Waals surface area contributed by atoms with Crippen molar-refractivity contribution in [3.8, 4) is 0 Å². The Kier molecular flexibility index (Phi) is 10.6. The van der Waals surface area contributed by atoms with Gasteiger partial charge in [0.05, 0.1) is 11.5 Å². The monoisotopic (exact) mass is 528 g/mol. The highest BCUT2D eigenvalue weighted by Gasteiger charge is 2.12. The lowest BCUT2D eigenvalue weighted by Crippen LogP contribution is -2.14. The second-order valence-electron chi connectivity index (χ2n) is 8.37. The van der Waals surface area contributed by atoms with Crippen molar-refractivity contribution in [1.29, 1.82) is 0 Å². The van der Waals surface area contributed by atoms with E-state index >= 15 is 0 Å². The minimum absolute atomic E-state index is 0.0885. The van der Waals surface area contributed by atoms with Gasteiger partial charge in [0.2, 0.25) is 11.8 Å². The molecule has 2 aromatic carbocycles. The Bertz CT molecular complexity index is 1010. The summed E-state index contributed by atoms with van der Waals surface area (Å²) in [6.45, 7) is 8.71. The van der Waals surface area contributed by atoms with E-state index in [1.165, 1.54) is 46.0 Å². The minimum atomic E-state index is -0.0885. The third kappa shape index (κ3) is 8.66. The highest BCUT2D eigenvalue weighted by atomic mass is 32.2. The standard InChI is InChI=1S/C26H32N4O2S3/c1-5-17(3)19-7-11-21(12-8-19)27-23(31)15-33-25-29-30-26(35-25)34-16-24(32)28-22-13-9-20(10-14-22)18(4)6-2/h7-14,17-18H,5-6,15-16H2,1-4H3,(H,27,31)(H,28,32)/t17-,18+. The first kappa shape index (κ1) is 27.2. The van der Waals surface area contributed by atoms with E-state index in [2.05, 4.69) is 72.8 Å². The first-order chi connectivity index (χ1) is 16.9. The lowest BCUT2D eigenvalue weighted by molar-refractivity contribution is -0.114. The number of carbonyl (C=O) groups is 2. The van der Waals surface area contributed by atoms with E-state index in [1.54, 1.807) is 0 Å². The van der Waals surface area contributed by atoms with E-state index in [1.807, 2.05) is 24.3 Å². The second-order valence-corrected chi connectivity index (χ2v) is 11.8. The van der Waals surface area contributed by atoms with Gasteiger partial charge in [-0.3, -0.25) is 9.59 Å². The zero-order chi connectivity index (χ0) is 25.2. The van der Waals surface area contributed by atoms with E-state index in [0.717, 1.165) is 24.2 Å². The molecule has 0 aliphatic rings. The van der Waals surface area contributed by atoms with E-state index in [0.29, 0.717) is 20.5 Å². The van der Waals surface area contributed by atoms with Crippen LogP contribution in [0.4, 0.5) is 11.4 Å². The van der Waals surface area contributed by atoms with Gasteiger partial charge in [-0.25, -0.2) is 0 Å². The molecule has 0 bridgehead atoms. The maximum Gasteiger partial charge on any atom is 0.234 e. The molecule has 0 saturated heterocycles. The molecule has 2 amide bonds. The van der Waals surface area contributed by atoms with Gasteiger partial charge in [-0.15, -0.1) is 10.2 Å². The summed E-state index contributed by atoms with van der Waals surface area (Å²) in [6, 6.07) is 16.0. The van der Waals surface area contributed by atoms with E-state index in [-0.39, 0.29) is 23.3 Å². The topological polar surface area (TPSA) is 84.0 Å². The van der Waals surface area contributed by atoms with Crippen molar-refractivity contribution in [3.05, 3.63) is 59.7 Å². The van der Waals surface area contributed by atoms with Crippen LogP contribution in [0.15, 0.2) is 57.2 Å². The summed E-state index contributed by atoms with van der Waals surface area (Å²) in [7, 11) is 0. The molecular weight excluding hydrogens is 497 g/mol. The SMILES string of the molecule is CC[C@@H](C)c1ccc(NC(=O)CSc2nnc(SCC(=O)Nc3ccc([C@@H](C)CC)cc3)s2)cc1. The molecule has 9 heteroatoms. The van der Waals surface area contributed by atoms with Gasteiger partial charge in [0.15, 0.2) is 8.68 Å². The maximum atomic E-state index is 12.3. The molecule has 0 radical (unpaired) electrons. The molecule has 0 unspecified atom stereocenters. The number of nitrogens with one attached hydrogen (secondary N) is 2. The van der Waals surface area contributed by atoms with Crippen LogP contribution in [-0.4, -0.2) is 33.5 Å². The molecule has 2 N–H and O–H groups in total. The van der Waals surface area contributed by atoms with Crippen LogP contribution in [0.25, 0.3) is 0 Å². The van der Waals surface area contributed by atoms with Gasteiger partial charge in [-0.1, -0.05) is 86.8 Å². The molecule has 35 heavy (non-hydrogen) atoms. The third-order valence-electron chi connectivity index (χ3n) is 5.79. The van der Waals surface area contributed by atoms with Crippen molar-refractivity contribution < 1.29 is 9.59 Å². The van der Waals surface area contributed by atoms with Gasteiger partial charge < -0.3 is 10.6 Å². The van der Waals surface area contributed by atoms with Crippen LogP contribution in [0.1, 0.15) is 63.5 Å². The quantitative estimate of drug-likeness (QED) is 0.246. The molecular formula is C26H32N4O2S3. The van der Waals surface area contributed by atoms with Gasteiger partial charge >= 0.3 is 0 Å². The molecule has 3 aromatic rings. The molecule has 1 heterocycles. The predicted octanol–water partition coefficient (Wildman–Crippen LogP) is 7.03. The van der Waals surface area contributed by atoms with Gasteiger partial charge in [0.25, 0.3) is 0 Å². The Morgan fingerprint density at radius 1 is 0.743 bits per heavy atom. The molecule has 0 fully saturated rings. The fourth-order valence-corrected chi connectivity index (χ4v) is 5.84. The number of amides is 2. The van der Waals surface area contributed by atoms with Crippen molar-refractivity contribution >= 4 is 58.0 Å². The highest BCUT2D eigenvalue weighted by Crippen LogP contribution is 2.29. The number of hydrogen-bond acceptors (Lipinski definition) is 7. The Morgan fingerprint density at radius 2 is 1.11 bits per heavy atom. The number of aromatic nitrogens is 2. The van der Waals surface area contributed by atoms with Crippen LogP contribution in [-0.2, 0) is 9.59 Å². The maximum absolute atomic E-state index is 12.3. The summed E-state index contributed by atoms with van der Waals surface area (Å²) in [5.41, 5.74) is 4.12. The number of rotatable bonds is 12. The summed E-state index contributed by atoms with van der Waals surface area (Å²) in [4.78, 5) is 24.6. The Morgan fingerprint density at radius 3 is 1.46 bits per heavy atom. The average molecular weight is 529 g/mol. The lowest BCUT2D eigenvalue weighted by Gasteiger charge is -2.10. The Hall–Kier alpha value is -2.36. The second kappa shape index (κ2) is 13.7. The summed E-state index contributed by atoms with van der Waals surface area (Å²) >= 11 is 4.07. The molecule has 2 atom stereocenters. The normalized spacial score (nSPS) is 12.7. The van der Waals surface area contributed by atoms with Crippen molar-refractivity contribution in [3.63, 3.8) is 0 Å². The zero-order valence-corrected chi connectivity index (χ0v) is 23.0. The number of hydrogen-bond donors (Lipinski definition) is 2. The van der Waals surface area contributed by atoms with Gasteiger partial charge in [0.1, 0.15) is 0 Å². The average Bonchev–Trinajstić information content (AvgIpc) is 3.34. The van der Waals surface area contributed by atoms with Crippen LogP contribution < -0.4 is 10.6 Å². The molecule has 0 aliphatic heterocycles. The van der Waals surface area contributed by atoms with E-state index < -0.39 is 0 Å². The van der Waals surface area contributed by atoms with Crippen molar-refractivity contribution in [1.82, 2.24) is 10.2 Å². The van der Waals surface area contributed by atoms with Crippen molar-refractivity contribution in [2.24, 2.45) is 0 Å². The number of thioether (sulfide) groups is 2. The number of anilines is 2. The van der Waals surface area contributed by atoms with E-state index in [9.17, 15) is 9.59 Å². The van der Waals surface area contributed by atoms with Crippen molar-refractivity contribution in [2.75, 3.05) is 22.1 Å². The minimum Gasteiger partial charge on any atom is -0.325 e. The summed E-state index contributed by atoms with van der Waals surface area (Å²) in [5, 5.41) is 14.1. The molecule has 0 saturated carbocycles. The lowest BCUT2D eigenvalue weighted by atomic mass is 9.99. The van der Waals surface area contributed by atoms with Crippen LogP contribution in [0.5, 0.6) is 0 Å². The zero-order valence-electron chi connectivity index (χ0n) is 20.5. The summed E-state index contributed by atoms with van der Waals surface area (Å²) in [6.07, 6.45) is 2.17. The largest absolute Gasteiger partial charge is 0.325 e. The molecule has 3 rings (SSSR count). The predicted molar refractivity (Wildman–Crippen MR) is 149 cm³/mol. The number of benzene rings is 2. The van der Waals surface area contributed by atoms with Crippen LogP contribution in [0, 0.1) is 0 Å². The summed E-state index contributed by atoms with van der Waals surface area (Å²) in [5.74, 6) is 1.33. The van der Waals surface area contributed by atoms with Gasteiger partial charge in [-0.2, -0.15) is 0 Å². The molecule has 6 nitrogen and oxygen atoms in total. The number of carbonyl (C=O) groups excluding carboxylic acids is 2. The first-order valence-corrected chi connectivity index (χ1v) is 14.5. The van der Waals surface area contributed by atoms with Gasteiger partial charge in [0, 0.05) is 11.4 Å². The first-order valence-electron chi connectivity index (χ1n) is 11.8. The smallest absolute Gasteiger partial charge is 0.234 e. The van der Waals surface area contributed by atoms with Crippen molar-refractivity contribution in [2.45, 2.75) is 61.1 Å². The molecule has 0 spiro atoms. The van der Waals surface area contributed by atoms with Crippen LogP contribution in [0.3, 0.4) is 0 Å². The van der Waals surface area contributed by atoms with E-state index in [4.69, 9.17) is 0 Å². The Labute approximate surface area is 220 Å². The van der Waals surface area contributed by atoms with Crippen LogP contribution in [0.2, 0.25) is 0 Å². The molecule has 0 aliphatic carbocycles. The molecule has 1 aromatic heterocycles. The van der Waals surface area contributed by atoms with Gasteiger partial charge in [-0.05, 0) is 60.1 Å². The fraction of sp³-hybridized carbons (Fsp3) is 0.385. The number of nitrogens with zero attached hydrogens (tertiary/aromatic N) is 2.